The molecule has 152 valence electrons. The summed E-state index contributed by atoms with van der Waals surface area (Å²) in [5.74, 6) is 0.158. The third kappa shape index (κ3) is 3.84. The molecule has 8 heteroatoms. The monoisotopic (exact) mass is 421 g/mol. The van der Waals surface area contributed by atoms with Gasteiger partial charge in [-0.05, 0) is 51.1 Å². The van der Waals surface area contributed by atoms with Crippen molar-refractivity contribution in [2.45, 2.75) is 27.4 Å². The second-order valence-electron chi connectivity index (χ2n) is 6.92. The van der Waals surface area contributed by atoms with E-state index in [9.17, 15) is 4.79 Å². The van der Waals surface area contributed by atoms with Crippen LogP contribution in [-0.4, -0.2) is 30.5 Å². The van der Waals surface area contributed by atoms with Gasteiger partial charge in [0, 0.05) is 17.5 Å². The number of hydrogen-bond donors (Lipinski definition) is 0. The normalized spacial score (nSPS) is 10.9. The minimum atomic E-state index is -0.481. The van der Waals surface area contributed by atoms with E-state index in [-0.39, 0.29) is 6.61 Å². The van der Waals surface area contributed by atoms with Gasteiger partial charge in [-0.1, -0.05) is 29.8 Å². The van der Waals surface area contributed by atoms with Crippen LogP contribution in [0, 0.1) is 20.8 Å². The second-order valence-corrected chi connectivity index (χ2v) is 7.28. The molecule has 0 saturated heterocycles. The van der Waals surface area contributed by atoms with Crippen LogP contribution in [0.4, 0.5) is 0 Å². The van der Waals surface area contributed by atoms with Crippen LogP contribution >= 0.6 is 11.6 Å². The van der Waals surface area contributed by atoms with Crippen molar-refractivity contribution in [1.29, 1.82) is 0 Å². The molecule has 0 radical (unpaired) electrons. The average molecular weight is 422 g/mol. The predicted molar refractivity (Wildman–Crippen MR) is 113 cm³/mol. The van der Waals surface area contributed by atoms with E-state index in [0.29, 0.717) is 27.8 Å². The number of rotatable bonds is 5. The Balaban J connectivity index is 1.48. The van der Waals surface area contributed by atoms with Gasteiger partial charge in [-0.15, -0.1) is 0 Å². The first-order valence-electron chi connectivity index (χ1n) is 9.40. The summed E-state index contributed by atoms with van der Waals surface area (Å²) >= 11 is 6.49. The first-order chi connectivity index (χ1) is 14.4. The Morgan fingerprint density at radius 1 is 1.03 bits per heavy atom. The molecule has 0 N–H and O–H groups in total. The lowest BCUT2D eigenvalue weighted by atomic mass is 10.2. The highest BCUT2D eigenvalue weighted by molar-refractivity contribution is 6.30. The standard InChI is InChI=1S/C22H20ClN5O2/c1-14-11-15(2)27(25-14)20-10-9-17(12-24-20)22(29)30-13-19-16(3)26-28(21(19)23)18-7-5-4-6-8-18/h4-12H,13H2,1-3H3. The summed E-state index contributed by atoms with van der Waals surface area (Å²) < 4.78 is 8.82. The molecule has 4 aromatic rings. The van der Waals surface area contributed by atoms with Crippen LogP contribution in [0.2, 0.25) is 5.15 Å². The fourth-order valence-corrected chi connectivity index (χ4v) is 3.48. The summed E-state index contributed by atoms with van der Waals surface area (Å²) in [5.41, 5.74) is 4.43. The van der Waals surface area contributed by atoms with Gasteiger partial charge in [0.15, 0.2) is 5.82 Å². The molecule has 3 heterocycles. The Kier molecular flexibility index (Phi) is 5.37. The Morgan fingerprint density at radius 2 is 1.80 bits per heavy atom. The van der Waals surface area contributed by atoms with Gasteiger partial charge in [-0.3, -0.25) is 0 Å². The van der Waals surface area contributed by atoms with Gasteiger partial charge >= 0.3 is 5.97 Å². The van der Waals surface area contributed by atoms with Crippen molar-refractivity contribution < 1.29 is 9.53 Å². The summed E-state index contributed by atoms with van der Waals surface area (Å²) in [6.07, 6.45) is 1.48. The maximum Gasteiger partial charge on any atom is 0.340 e. The molecule has 0 spiro atoms. The van der Waals surface area contributed by atoms with Crippen molar-refractivity contribution >= 4 is 17.6 Å². The van der Waals surface area contributed by atoms with Gasteiger partial charge in [-0.25, -0.2) is 19.1 Å². The zero-order valence-electron chi connectivity index (χ0n) is 16.8. The zero-order chi connectivity index (χ0) is 21.3. The van der Waals surface area contributed by atoms with Crippen molar-refractivity contribution in [3.63, 3.8) is 0 Å². The maximum absolute atomic E-state index is 12.5. The van der Waals surface area contributed by atoms with E-state index in [1.54, 1.807) is 21.5 Å². The number of pyridine rings is 1. The predicted octanol–water partition coefficient (Wildman–Crippen LogP) is 4.39. The molecule has 0 unspecified atom stereocenters. The zero-order valence-corrected chi connectivity index (χ0v) is 17.6. The fraction of sp³-hybridized carbons (Fsp3) is 0.182. The first-order valence-corrected chi connectivity index (χ1v) is 9.78. The smallest absolute Gasteiger partial charge is 0.340 e. The molecule has 4 rings (SSSR count). The molecular formula is C22H20ClN5O2. The van der Waals surface area contributed by atoms with E-state index in [4.69, 9.17) is 16.3 Å². The van der Waals surface area contributed by atoms with E-state index in [0.717, 1.165) is 17.1 Å². The van der Waals surface area contributed by atoms with Crippen LogP contribution < -0.4 is 0 Å². The lowest BCUT2D eigenvalue weighted by Crippen LogP contribution is -2.08. The van der Waals surface area contributed by atoms with E-state index in [1.807, 2.05) is 57.2 Å². The third-order valence-corrected chi connectivity index (χ3v) is 5.07. The van der Waals surface area contributed by atoms with E-state index in [1.165, 1.54) is 6.20 Å². The van der Waals surface area contributed by atoms with Crippen LogP contribution in [-0.2, 0) is 11.3 Å². The quantitative estimate of drug-likeness (QED) is 0.447. The molecule has 0 fully saturated rings. The average Bonchev–Trinajstić information content (AvgIpc) is 3.24. The molecule has 0 aliphatic carbocycles. The number of para-hydroxylation sites is 1. The van der Waals surface area contributed by atoms with Crippen LogP contribution in [0.25, 0.3) is 11.5 Å². The van der Waals surface area contributed by atoms with Crippen molar-refractivity contribution in [3.8, 4) is 11.5 Å². The maximum atomic E-state index is 12.5. The van der Waals surface area contributed by atoms with Crippen LogP contribution in [0.1, 0.15) is 33.0 Å². The van der Waals surface area contributed by atoms with Crippen molar-refractivity contribution in [1.82, 2.24) is 24.5 Å². The summed E-state index contributed by atoms with van der Waals surface area (Å²) in [6.45, 7) is 5.72. The van der Waals surface area contributed by atoms with Gasteiger partial charge < -0.3 is 4.74 Å². The summed E-state index contributed by atoms with van der Waals surface area (Å²) in [4.78, 5) is 16.8. The van der Waals surface area contributed by atoms with Crippen molar-refractivity contribution in [2.24, 2.45) is 0 Å². The number of carbonyl (C=O) groups excluding carboxylic acids is 1. The Bertz CT molecular complexity index is 1200. The molecular weight excluding hydrogens is 402 g/mol. The molecule has 7 nitrogen and oxygen atoms in total. The molecule has 0 bridgehead atoms. The Labute approximate surface area is 178 Å². The summed E-state index contributed by atoms with van der Waals surface area (Å²) in [7, 11) is 0. The third-order valence-electron chi connectivity index (χ3n) is 4.68. The first kappa shape index (κ1) is 19.8. The molecule has 30 heavy (non-hydrogen) atoms. The van der Waals surface area contributed by atoms with Gasteiger partial charge in [0.05, 0.1) is 22.6 Å². The van der Waals surface area contributed by atoms with Crippen molar-refractivity contribution in [3.05, 3.63) is 88.1 Å². The molecule has 0 aliphatic heterocycles. The van der Waals surface area contributed by atoms with Gasteiger partial charge in [0.1, 0.15) is 11.8 Å². The van der Waals surface area contributed by atoms with E-state index in [2.05, 4.69) is 15.2 Å². The summed E-state index contributed by atoms with van der Waals surface area (Å²) in [6, 6.07) is 14.9. The van der Waals surface area contributed by atoms with Gasteiger partial charge in [0.25, 0.3) is 0 Å². The number of hydrogen-bond acceptors (Lipinski definition) is 5. The van der Waals surface area contributed by atoms with E-state index < -0.39 is 5.97 Å². The number of nitrogens with zero attached hydrogens (tertiary/aromatic N) is 5. The SMILES string of the molecule is Cc1cc(C)n(-c2ccc(C(=O)OCc3c(C)nn(-c4ccccc4)c3Cl)cn2)n1. The Hall–Kier alpha value is -3.45. The van der Waals surface area contributed by atoms with Crippen LogP contribution in [0.15, 0.2) is 54.7 Å². The van der Waals surface area contributed by atoms with E-state index >= 15 is 0 Å². The molecule has 0 saturated carbocycles. The van der Waals surface area contributed by atoms with Gasteiger partial charge in [0.2, 0.25) is 0 Å². The number of benzene rings is 1. The fourth-order valence-electron chi connectivity index (χ4n) is 3.15. The van der Waals surface area contributed by atoms with Gasteiger partial charge in [-0.2, -0.15) is 10.2 Å². The number of aromatic nitrogens is 5. The molecule has 0 aliphatic rings. The van der Waals surface area contributed by atoms with Crippen LogP contribution in [0.3, 0.4) is 0 Å². The Morgan fingerprint density at radius 3 is 2.43 bits per heavy atom. The minimum Gasteiger partial charge on any atom is -0.457 e. The molecule has 0 amide bonds. The highest BCUT2D eigenvalue weighted by Gasteiger charge is 2.17. The molecule has 1 aromatic carbocycles. The highest BCUT2D eigenvalue weighted by Crippen LogP contribution is 2.24. The van der Waals surface area contributed by atoms with Crippen molar-refractivity contribution in [2.75, 3.05) is 0 Å². The number of halogens is 1. The number of ether oxygens (including phenoxy) is 1. The minimum absolute atomic E-state index is 0.0234. The topological polar surface area (TPSA) is 74.8 Å². The number of aryl methyl sites for hydroxylation is 3. The number of esters is 1. The number of carbonyl (C=O) groups is 1. The summed E-state index contributed by atoms with van der Waals surface area (Å²) in [5, 5.41) is 9.27. The highest BCUT2D eigenvalue weighted by atomic mass is 35.5. The largest absolute Gasteiger partial charge is 0.457 e. The molecule has 3 aromatic heterocycles. The molecule has 0 atom stereocenters. The van der Waals surface area contributed by atoms with Crippen LogP contribution in [0.5, 0.6) is 0 Å². The second kappa shape index (κ2) is 8.12. The lowest BCUT2D eigenvalue weighted by molar-refractivity contribution is 0.0472. The lowest BCUT2D eigenvalue weighted by Gasteiger charge is -2.07.